The molecule has 0 fully saturated rings. The number of ether oxygens (including phenoxy) is 1. The van der Waals surface area contributed by atoms with Crippen LogP contribution in [-0.2, 0) is 9.53 Å². The molecule has 1 aromatic heterocycles. The molecule has 2 amide bonds. The average Bonchev–Trinajstić information content (AvgIpc) is 2.52. The number of pyridine rings is 1. The number of rotatable bonds is 4. The molecule has 25 heavy (non-hydrogen) atoms. The molecule has 0 aliphatic rings. The monoisotopic (exact) mass is 342 g/mol. The molecule has 2 N–H and O–H groups in total. The minimum atomic E-state index is -0.771. The lowest BCUT2D eigenvalue weighted by atomic mass is 10.1. The molecule has 0 aliphatic heterocycles. The maximum atomic E-state index is 11.9. The summed E-state index contributed by atoms with van der Waals surface area (Å²) in [4.78, 5) is 27.8. The molecule has 0 spiro atoms. The summed E-state index contributed by atoms with van der Waals surface area (Å²) in [6.07, 6.45) is 2.61. The highest BCUT2D eigenvalue weighted by Gasteiger charge is 2.20. The summed E-state index contributed by atoms with van der Waals surface area (Å²) in [7, 11) is 0. The van der Waals surface area contributed by atoms with Crippen molar-refractivity contribution in [3.63, 3.8) is 0 Å². The summed E-state index contributed by atoms with van der Waals surface area (Å²) in [5.74, 6) is -0.440. The van der Waals surface area contributed by atoms with Crippen molar-refractivity contribution in [3.8, 4) is 0 Å². The molecule has 0 unspecified atom stereocenters. The first-order valence-electron chi connectivity index (χ1n) is 7.92. The van der Waals surface area contributed by atoms with E-state index in [4.69, 9.17) is 4.74 Å². The Hall–Kier alpha value is -2.96. The number of hydrogen-bond acceptors (Lipinski definition) is 5. The molecule has 7 nitrogen and oxygen atoms in total. The predicted octanol–water partition coefficient (Wildman–Crippen LogP) is 2.60. The number of hydrogen-bond donors (Lipinski definition) is 2. The van der Waals surface area contributed by atoms with E-state index in [1.54, 1.807) is 33.9 Å². The number of carbonyl (C=O) groups excluding carboxylic acids is 2. The van der Waals surface area contributed by atoms with Gasteiger partial charge in [-0.05, 0) is 51.5 Å². The maximum Gasteiger partial charge on any atom is 0.408 e. The van der Waals surface area contributed by atoms with Gasteiger partial charge in [-0.2, -0.15) is 5.10 Å². The minimum Gasteiger partial charge on any atom is -0.444 e. The highest BCUT2D eigenvalue weighted by atomic mass is 16.6. The lowest BCUT2D eigenvalue weighted by molar-refractivity contribution is -0.122. The van der Waals surface area contributed by atoms with Gasteiger partial charge >= 0.3 is 6.09 Å². The fraction of sp³-hybridized carbons (Fsp3) is 0.333. The van der Waals surface area contributed by atoms with Gasteiger partial charge in [0.25, 0.3) is 5.91 Å². The van der Waals surface area contributed by atoms with Gasteiger partial charge in [-0.3, -0.25) is 9.78 Å². The highest BCUT2D eigenvalue weighted by Crippen LogP contribution is 2.11. The molecule has 0 radical (unpaired) electrons. The third-order valence-electron chi connectivity index (χ3n) is 3.14. The molecular weight excluding hydrogens is 320 g/mol. The van der Waals surface area contributed by atoms with Crippen LogP contribution in [0.1, 0.15) is 33.3 Å². The topological polar surface area (TPSA) is 92.7 Å². The normalized spacial score (nSPS) is 12.8. The Morgan fingerprint density at radius 2 is 2.04 bits per heavy atom. The van der Waals surface area contributed by atoms with Gasteiger partial charge in [0, 0.05) is 11.6 Å². The van der Waals surface area contributed by atoms with Gasteiger partial charge in [0.05, 0.1) is 11.7 Å². The number of nitrogens with one attached hydrogen (secondary N) is 2. The van der Waals surface area contributed by atoms with Crippen molar-refractivity contribution in [1.82, 2.24) is 15.7 Å². The summed E-state index contributed by atoms with van der Waals surface area (Å²) in [5.41, 5.74) is 3.49. The van der Waals surface area contributed by atoms with E-state index in [2.05, 4.69) is 20.8 Å². The smallest absolute Gasteiger partial charge is 0.408 e. The second-order valence-electron chi connectivity index (χ2n) is 6.56. The van der Waals surface area contributed by atoms with Crippen LogP contribution in [-0.4, -0.2) is 34.8 Å². The van der Waals surface area contributed by atoms with E-state index in [1.807, 2.05) is 30.3 Å². The Balaban J connectivity index is 1.89. The van der Waals surface area contributed by atoms with Gasteiger partial charge in [0.2, 0.25) is 0 Å². The van der Waals surface area contributed by atoms with Gasteiger partial charge in [-0.25, -0.2) is 10.2 Å². The third-order valence-corrected chi connectivity index (χ3v) is 3.14. The standard InChI is InChI=1S/C18H22N4O3/c1-12(21-17(24)25-18(2,3)4)16(23)22-20-11-13-7-8-15-14(10-13)6-5-9-19-15/h5-12H,1-4H3,(H,21,24)(H,22,23)/b20-11-/t12-/m0/s1. The van der Waals surface area contributed by atoms with E-state index in [1.165, 1.54) is 6.21 Å². The van der Waals surface area contributed by atoms with Crippen LogP contribution in [0.3, 0.4) is 0 Å². The number of nitrogens with zero attached hydrogens (tertiary/aromatic N) is 2. The zero-order chi connectivity index (χ0) is 18.4. The van der Waals surface area contributed by atoms with E-state index in [9.17, 15) is 9.59 Å². The number of fused-ring (bicyclic) bond motifs is 1. The molecule has 0 aliphatic carbocycles. The Morgan fingerprint density at radius 1 is 1.28 bits per heavy atom. The molecule has 0 saturated carbocycles. The van der Waals surface area contributed by atoms with Gasteiger partial charge in [0.1, 0.15) is 11.6 Å². The summed E-state index contributed by atoms with van der Waals surface area (Å²) in [6, 6.07) is 8.69. The molecule has 1 aromatic carbocycles. The van der Waals surface area contributed by atoms with E-state index in [-0.39, 0.29) is 0 Å². The summed E-state index contributed by atoms with van der Waals surface area (Å²) in [5, 5.41) is 7.35. The Kier molecular flexibility index (Phi) is 5.69. The van der Waals surface area contributed by atoms with Gasteiger partial charge in [0.15, 0.2) is 0 Å². The van der Waals surface area contributed by atoms with Crippen LogP contribution in [0.5, 0.6) is 0 Å². The Morgan fingerprint density at radius 3 is 2.76 bits per heavy atom. The highest BCUT2D eigenvalue weighted by molar-refractivity contribution is 5.90. The number of alkyl carbamates (subject to hydrolysis) is 1. The Bertz CT molecular complexity index is 796. The van der Waals surface area contributed by atoms with Crippen LogP contribution >= 0.6 is 0 Å². The minimum absolute atomic E-state index is 0.440. The molecule has 132 valence electrons. The van der Waals surface area contributed by atoms with Crippen LogP contribution in [0.25, 0.3) is 10.9 Å². The first-order valence-corrected chi connectivity index (χ1v) is 7.92. The third kappa shape index (κ3) is 5.87. The van der Waals surface area contributed by atoms with Gasteiger partial charge in [-0.15, -0.1) is 0 Å². The molecular formula is C18H22N4O3. The number of aromatic nitrogens is 1. The molecule has 2 rings (SSSR count). The summed E-state index contributed by atoms with van der Waals surface area (Å²) >= 11 is 0. The van der Waals surface area contributed by atoms with Crippen molar-refractivity contribution < 1.29 is 14.3 Å². The number of benzene rings is 1. The molecule has 1 heterocycles. The van der Waals surface area contributed by atoms with E-state index < -0.39 is 23.6 Å². The van der Waals surface area contributed by atoms with Crippen molar-refractivity contribution in [2.75, 3.05) is 0 Å². The molecule has 0 saturated heterocycles. The molecule has 7 heteroatoms. The lowest BCUT2D eigenvalue weighted by Gasteiger charge is -2.21. The fourth-order valence-corrected chi connectivity index (χ4v) is 1.99. The van der Waals surface area contributed by atoms with E-state index in [0.29, 0.717) is 0 Å². The number of hydrazone groups is 1. The zero-order valence-electron chi connectivity index (χ0n) is 14.7. The second kappa shape index (κ2) is 7.74. The van der Waals surface area contributed by atoms with Crippen LogP contribution in [0.15, 0.2) is 41.6 Å². The summed E-state index contributed by atoms with van der Waals surface area (Å²) in [6.45, 7) is 6.80. The Labute approximate surface area is 146 Å². The predicted molar refractivity (Wildman–Crippen MR) is 96.3 cm³/mol. The largest absolute Gasteiger partial charge is 0.444 e. The van der Waals surface area contributed by atoms with Crippen LogP contribution in [0.4, 0.5) is 4.79 Å². The number of carbonyl (C=O) groups is 2. The summed E-state index contributed by atoms with van der Waals surface area (Å²) < 4.78 is 5.10. The first kappa shape index (κ1) is 18.4. The van der Waals surface area contributed by atoms with Crippen molar-refractivity contribution in [2.24, 2.45) is 5.10 Å². The molecule has 0 bridgehead atoms. The number of amides is 2. The zero-order valence-corrected chi connectivity index (χ0v) is 14.7. The van der Waals surface area contributed by atoms with Crippen LogP contribution < -0.4 is 10.7 Å². The van der Waals surface area contributed by atoms with Crippen molar-refractivity contribution >= 4 is 29.1 Å². The van der Waals surface area contributed by atoms with Crippen molar-refractivity contribution in [3.05, 3.63) is 42.1 Å². The molecule has 1 atom stereocenters. The van der Waals surface area contributed by atoms with Crippen molar-refractivity contribution in [1.29, 1.82) is 0 Å². The van der Waals surface area contributed by atoms with Gasteiger partial charge in [-0.1, -0.05) is 12.1 Å². The molecule has 2 aromatic rings. The van der Waals surface area contributed by atoms with Crippen LogP contribution in [0, 0.1) is 0 Å². The maximum absolute atomic E-state index is 11.9. The van der Waals surface area contributed by atoms with Gasteiger partial charge < -0.3 is 10.1 Å². The van der Waals surface area contributed by atoms with Crippen molar-refractivity contribution in [2.45, 2.75) is 39.3 Å². The van der Waals surface area contributed by atoms with E-state index >= 15 is 0 Å². The average molecular weight is 342 g/mol. The first-order chi connectivity index (χ1) is 11.7. The SMILES string of the molecule is C[C@H](NC(=O)OC(C)(C)C)C(=O)N/N=C\c1ccc2ncccc2c1. The second-order valence-corrected chi connectivity index (χ2v) is 6.56. The van der Waals surface area contributed by atoms with E-state index in [0.717, 1.165) is 16.5 Å². The lowest BCUT2D eigenvalue weighted by Crippen LogP contribution is -2.45. The quantitative estimate of drug-likeness (QED) is 0.660. The fourth-order valence-electron chi connectivity index (χ4n) is 1.99. The van der Waals surface area contributed by atoms with Crippen LogP contribution in [0.2, 0.25) is 0 Å².